The maximum atomic E-state index is 13.0. The number of nitrogens with one attached hydrogen (secondary N) is 1. The third kappa shape index (κ3) is 4.39. The van der Waals surface area contributed by atoms with Gasteiger partial charge in [0.05, 0.1) is 29.2 Å². The Bertz CT molecular complexity index is 1230. The van der Waals surface area contributed by atoms with E-state index in [0.29, 0.717) is 11.1 Å². The molecule has 2 N–H and O–H groups in total. The van der Waals surface area contributed by atoms with Gasteiger partial charge in [0.25, 0.3) is 0 Å². The predicted octanol–water partition coefficient (Wildman–Crippen LogP) is 4.64. The second-order valence-corrected chi connectivity index (χ2v) is 8.82. The molecule has 9 heteroatoms. The number of hydrogen-bond acceptors (Lipinski definition) is 5. The molecule has 1 aliphatic rings. The number of amides is 1. The van der Waals surface area contributed by atoms with Gasteiger partial charge in [-0.25, -0.2) is 4.98 Å². The van der Waals surface area contributed by atoms with Gasteiger partial charge in [0.1, 0.15) is 5.52 Å². The Balaban J connectivity index is 1.74. The second-order valence-electron chi connectivity index (χ2n) is 8.82. The van der Waals surface area contributed by atoms with Crippen molar-refractivity contribution >= 4 is 22.9 Å². The zero-order chi connectivity index (χ0) is 23.8. The Kier molecular flexibility index (Phi) is 5.80. The Morgan fingerprint density at radius 1 is 1.36 bits per heavy atom. The lowest BCUT2D eigenvalue weighted by Gasteiger charge is -2.41. The number of nitriles is 1. The molecule has 0 saturated heterocycles. The molecule has 1 aliphatic carbocycles. The number of rotatable bonds is 7. The topological polar surface area (TPSA) is 100 Å². The van der Waals surface area contributed by atoms with E-state index < -0.39 is 23.7 Å². The number of carbonyl (C=O) groups excluding carboxylic acids is 1. The van der Waals surface area contributed by atoms with Gasteiger partial charge < -0.3 is 14.4 Å². The number of fused-ring (bicyclic) bond motifs is 1. The Hall–Kier alpha value is -3.51. The van der Waals surface area contributed by atoms with Crippen LogP contribution < -0.4 is 10.1 Å². The van der Waals surface area contributed by atoms with Gasteiger partial charge in [0, 0.05) is 11.6 Å². The molecule has 0 radical (unpaired) electrons. The Morgan fingerprint density at radius 3 is 2.64 bits per heavy atom. The van der Waals surface area contributed by atoms with E-state index in [1.54, 1.807) is 41.8 Å². The molecule has 0 spiro atoms. The fourth-order valence-electron chi connectivity index (χ4n) is 4.32. The van der Waals surface area contributed by atoms with E-state index in [-0.39, 0.29) is 29.2 Å². The van der Waals surface area contributed by atoms with Crippen LogP contribution in [0.15, 0.2) is 42.5 Å². The van der Waals surface area contributed by atoms with Gasteiger partial charge in [0.15, 0.2) is 5.75 Å². The van der Waals surface area contributed by atoms with Crippen LogP contribution in [0.2, 0.25) is 0 Å². The number of nitrogens with zero attached hydrogens (tertiary/aromatic N) is 3. The average Bonchev–Trinajstić information content (AvgIpc) is 3.10. The predicted molar refractivity (Wildman–Crippen MR) is 118 cm³/mol. The summed E-state index contributed by atoms with van der Waals surface area (Å²) in [5.74, 6) is -0.553. The van der Waals surface area contributed by atoms with Crippen LogP contribution in [0.25, 0.3) is 11.0 Å². The number of anilines is 1. The molecule has 0 aliphatic heterocycles. The Labute approximate surface area is 189 Å². The maximum Gasteiger partial charge on any atom is 0.387 e. The molecule has 1 amide bonds. The molecule has 3 aromatic rings. The minimum Gasteiger partial charge on any atom is -0.432 e. The Morgan fingerprint density at radius 2 is 2.06 bits per heavy atom. The van der Waals surface area contributed by atoms with Crippen LogP contribution in [-0.4, -0.2) is 27.2 Å². The molecule has 1 heterocycles. The molecular formula is C24H24F2N4O3. The molecule has 4 rings (SSSR count). The zero-order valence-electron chi connectivity index (χ0n) is 18.3. The summed E-state index contributed by atoms with van der Waals surface area (Å²) in [5.41, 5.74) is -0.529. The minimum absolute atomic E-state index is 0.132. The van der Waals surface area contributed by atoms with Crippen molar-refractivity contribution in [2.45, 2.75) is 57.3 Å². The summed E-state index contributed by atoms with van der Waals surface area (Å²) in [6, 6.07) is 13.6. The van der Waals surface area contributed by atoms with Crippen LogP contribution in [0.4, 0.5) is 14.7 Å². The lowest BCUT2D eigenvalue weighted by Crippen LogP contribution is -2.38. The number of benzene rings is 2. The van der Waals surface area contributed by atoms with Gasteiger partial charge in [-0.3, -0.25) is 10.1 Å². The molecule has 1 fully saturated rings. The zero-order valence-corrected chi connectivity index (χ0v) is 18.3. The maximum absolute atomic E-state index is 13.0. The molecular weight excluding hydrogens is 430 g/mol. The highest BCUT2D eigenvalue weighted by Gasteiger charge is 2.38. The first-order chi connectivity index (χ1) is 15.6. The van der Waals surface area contributed by atoms with Gasteiger partial charge in [-0.15, -0.1) is 0 Å². The number of carbonyl (C=O) groups is 1. The van der Waals surface area contributed by atoms with E-state index in [2.05, 4.69) is 15.0 Å². The summed E-state index contributed by atoms with van der Waals surface area (Å²) >= 11 is 0. The van der Waals surface area contributed by atoms with Crippen molar-refractivity contribution in [3.63, 3.8) is 0 Å². The first kappa shape index (κ1) is 22.7. The van der Waals surface area contributed by atoms with Crippen LogP contribution in [0, 0.1) is 11.3 Å². The summed E-state index contributed by atoms with van der Waals surface area (Å²) in [6.07, 6.45) is 2.32. The molecule has 172 valence electrons. The number of ether oxygens (including phenoxy) is 1. The lowest BCUT2D eigenvalue weighted by atomic mass is 9.78. The molecule has 1 aromatic heterocycles. The first-order valence-electron chi connectivity index (χ1n) is 10.6. The van der Waals surface area contributed by atoms with E-state index in [1.807, 2.05) is 19.1 Å². The van der Waals surface area contributed by atoms with Gasteiger partial charge in [0.2, 0.25) is 11.9 Å². The number of hydrogen-bond donors (Lipinski definition) is 2. The van der Waals surface area contributed by atoms with Crippen molar-refractivity contribution in [2.24, 2.45) is 0 Å². The summed E-state index contributed by atoms with van der Waals surface area (Å²) in [7, 11) is 0. The second kappa shape index (κ2) is 8.45. The first-order valence-corrected chi connectivity index (χ1v) is 10.6. The summed E-state index contributed by atoms with van der Waals surface area (Å²) < 4.78 is 32.5. The number of aliphatic hydroxyl groups is 1. The minimum atomic E-state index is -3.09. The SMILES string of the molecule is CC1(n2c(NC(=O)C[C@@](C)(O)c3ccccc3)nc3c(OC(F)F)cc(C#N)cc32)CCC1. The summed E-state index contributed by atoms with van der Waals surface area (Å²) in [4.78, 5) is 17.3. The van der Waals surface area contributed by atoms with Crippen molar-refractivity contribution in [1.82, 2.24) is 9.55 Å². The van der Waals surface area contributed by atoms with Crippen LogP contribution in [0.1, 0.15) is 50.7 Å². The summed E-state index contributed by atoms with van der Waals surface area (Å²) in [6.45, 7) is 0.442. The third-order valence-electron chi connectivity index (χ3n) is 6.19. The van der Waals surface area contributed by atoms with Crippen LogP contribution in [0.5, 0.6) is 5.75 Å². The van der Waals surface area contributed by atoms with Gasteiger partial charge in [-0.1, -0.05) is 30.3 Å². The average molecular weight is 454 g/mol. The van der Waals surface area contributed by atoms with Crippen LogP contribution in [-0.2, 0) is 15.9 Å². The normalized spacial score (nSPS) is 16.6. The van der Waals surface area contributed by atoms with E-state index >= 15 is 0 Å². The quantitative estimate of drug-likeness (QED) is 0.542. The number of aromatic nitrogens is 2. The molecule has 1 saturated carbocycles. The molecule has 1 atom stereocenters. The van der Waals surface area contributed by atoms with Gasteiger partial charge in [-0.05, 0) is 44.7 Å². The van der Waals surface area contributed by atoms with Crippen molar-refractivity contribution in [3.8, 4) is 11.8 Å². The molecule has 0 bridgehead atoms. The largest absolute Gasteiger partial charge is 0.432 e. The molecule has 0 unspecified atom stereocenters. The monoisotopic (exact) mass is 454 g/mol. The molecule has 7 nitrogen and oxygen atoms in total. The van der Waals surface area contributed by atoms with E-state index in [9.17, 15) is 23.9 Å². The van der Waals surface area contributed by atoms with E-state index in [4.69, 9.17) is 0 Å². The number of alkyl halides is 2. The van der Waals surface area contributed by atoms with E-state index in [1.165, 1.54) is 6.07 Å². The van der Waals surface area contributed by atoms with Crippen molar-refractivity contribution in [3.05, 3.63) is 53.6 Å². The standard InChI is InChI=1S/C24H24F2N4O3/c1-23(9-6-10-23)30-17-11-15(14-27)12-18(33-21(25)26)20(17)29-22(30)28-19(31)13-24(2,32)16-7-4-3-5-8-16/h3-5,7-8,11-12,21,32H,6,9-10,13H2,1-2H3,(H,28,29,31)/t24-/m1/s1. The third-order valence-corrected chi connectivity index (χ3v) is 6.19. The van der Waals surface area contributed by atoms with Crippen LogP contribution >= 0.6 is 0 Å². The van der Waals surface area contributed by atoms with Gasteiger partial charge in [-0.2, -0.15) is 14.0 Å². The number of imidazole rings is 1. The smallest absolute Gasteiger partial charge is 0.387 e. The van der Waals surface area contributed by atoms with Gasteiger partial charge >= 0.3 is 6.61 Å². The number of halogens is 2. The fourth-order valence-corrected chi connectivity index (χ4v) is 4.32. The van der Waals surface area contributed by atoms with Crippen molar-refractivity contribution < 1.29 is 23.4 Å². The fraction of sp³-hybridized carbons (Fsp3) is 0.375. The summed E-state index contributed by atoms with van der Waals surface area (Å²) in [5, 5.41) is 23.0. The van der Waals surface area contributed by atoms with Crippen molar-refractivity contribution in [1.29, 1.82) is 5.26 Å². The van der Waals surface area contributed by atoms with Crippen LogP contribution in [0.3, 0.4) is 0 Å². The highest BCUT2D eigenvalue weighted by molar-refractivity contribution is 5.94. The highest BCUT2D eigenvalue weighted by Crippen LogP contribution is 2.44. The van der Waals surface area contributed by atoms with E-state index in [0.717, 1.165) is 19.3 Å². The molecule has 33 heavy (non-hydrogen) atoms. The highest BCUT2D eigenvalue weighted by atomic mass is 19.3. The van der Waals surface area contributed by atoms with Crippen molar-refractivity contribution in [2.75, 3.05) is 5.32 Å². The lowest BCUT2D eigenvalue weighted by molar-refractivity contribution is -0.120. The molecule has 2 aromatic carbocycles.